The van der Waals surface area contributed by atoms with Crippen molar-refractivity contribution in [1.82, 2.24) is 15.1 Å². The van der Waals surface area contributed by atoms with Gasteiger partial charge in [-0.15, -0.1) is 0 Å². The van der Waals surface area contributed by atoms with Gasteiger partial charge in [0.25, 0.3) is 0 Å². The van der Waals surface area contributed by atoms with Crippen molar-refractivity contribution in [3.8, 4) is 0 Å². The minimum Gasteiger partial charge on any atom is -0.315 e. The van der Waals surface area contributed by atoms with Crippen LogP contribution in [0.15, 0.2) is 0 Å². The molecule has 0 saturated carbocycles. The van der Waals surface area contributed by atoms with Gasteiger partial charge in [0.2, 0.25) is 0 Å². The van der Waals surface area contributed by atoms with Gasteiger partial charge in [-0.25, -0.2) is 0 Å². The largest absolute Gasteiger partial charge is 0.315 e. The van der Waals surface area contributed by atoms with Crippen molar-refractivity contribution < 1.29 is 0 Å². The molecule has 92 valence electrons. The molecule has 0 aliphatic carbocycles. The minimum atomic E-state index is 0.821. The third kappa shape index (κ3) is 1.89. The lowest BCUT2D eigenvalue weighted by Gasteiger charge is -2.41. The minimum absolute atomic E-state index is 0.821. The van der Waals surface area contributed by atoms with Crippen LogP contribution in [0.1, 0.15) is 26.2 Å². The van der Waals surface area contributed by atoms with E-state index in [1.54, 1.807) is 0 Å². The zero-order chi connectivity index (χ0) is 11.0. The number of fused-ring (bicyclic) bond motifs is 2. The number of rotatable bonds is 3. The van der Waals surface area contributed by atoms with Gasteiger partial charge in [0.15, 0.2) is 0 Å². The Morgan fingerprint density at radius 3 is 2.88 bits per heavy atom. The molecule has 3 saturated heterocycles. The summed E-state index contributed by atoms with van der Waals surface area (Å²) < 4.78 is 0. The Labute approximate surface area is 99.2 Å². The fourth-order valence-electron chi connectivity index (χ4n) is 4.05. The summed E-state index contributed by atoms with van der Waals surface area (Å²) in [7, 11) is 0. The van der Waals surface area contributed by atoms with E-state index in [0.717, 1.165) is 18.0 Å². The normalized spacial score (nSPS) is 43.1. The monoisotopic (exact) mass is 223 g/mol. The molecular formula is C13H25N3. The van der Waals surface area contributed by atoms with Gasteiger partial charge in [0.05, 0.1) is 0 Å². The molecule has 3 aliphatic heterocycles. The Kier molecular flexibility index (Phi) is 3.18. The van der Waals surface area contributed by atoms with Crippen LogP contribution in [0.4, 0.5) is 0 Å². The molecule has 4 unspecified atom stereocenters. The Balaban J connectivity index is 1.68. The molecule has 16 heavy (non-hydrogen) atoms. The van der Waals surface area contributed by atoms with E-state index in [1.165, 1.54) is 58.5 Å². The molecule has 0 spiro atoms. The van der Waals surface area contributed by atoms with Crippen molar-refractivity contribution in [2.45, 2.75) is 38.3 Å². The van der Waals surface area contributed by atoms with Crippen LogP contribution in [0.3, 0.4) is 0 Å². The summed E-state index contributed by atoms with van der Waals surface area (Å²) >= 11 is 0. The molecular weight excluding hydrogens is 198 g/mol. The van der Waals surface area contributed by atoms with Gasteiger partial charge in [-0.3, -0.25) is 4.90 Å². The van der Waals surface area contributed by atoms with Gasteiger partial charge in [-0.1, -0.05) is 6.92 Å². The number of piperidine rings is 1. The predicted octanol–water partition coefficient (Wildman–Crippen LogP) is 0.764. The first kappa shape index (κ1) is 11.0. The van der Waals surface area contributed by atoms with Crippen molar-refractivity contribution >= 4 is 0 Å². The Morgan fingerprint density at radius 1 is 1.25 bits per heavy atom. The summed E-state index contributed by atoms with van der Waals surface area (Å²) in [5.74, 6) is 0.967. The summed E-state index contributed by atoms with van der Waals surface area (Å²) in [6.07, 6.45) is 4.22. The molecule has 0 radical (unpaired) electrons. The van der Waals surface area contributed by atoms with Crippen LogP contribution in [0.5, 0.6) is 0 Å². The molecule has 0 amide bonds. The Bertz CT molecular complexity index is 235. The molecule has 1 N–H and O–H groups in total. The third-order valence-electron chi connectivity index (χ3n) is 4.89. The smallest absolute Gasteiger partial charge is 0.0235 e. The van der Waals surface area contributed by atoms with Crippen LogP contribution in [0.25, 0.3) is 0 Å². The van der Waals surface area contributed by atoms with E-state index in [-0.39, 0.29) is 0 Å². The number of hydrogen-bond acceptors (Lipinski definition) is 3. The van der Waals surface area contributed by atoms with Gasteiger partial charge in [0.1, 0.15) is 0 Å². The highest BCUT2D eigenvalue weighted by Gasteiger charge is 2.39. The van der Waals surface area contributed by atoms with E-state index < -0.39 is 0 Å². The van der Waals surface area contributed by atoms with Gasteiger partial charge >= 0.3 is 0 Å². The van der Waals surface area contributed by atoms with E-state index >= 15 is 0 Å². The van der Waals surface area contributed by atoms with E-state index in [4.69, 9.17) is 0 Å². The van der Waals surface area contributed by atoms with Gasteiger partial charge < -0.3 is 10.2 Å². The van der Waals surface area contributed by atoms with Crippen molar-refractivity contribution in [2.24, 2.45) is 5.92 Å². The zero-order valence-electron chi connectivity index (χ0n) is 10.5. The van der Waals surface area contributed by atoms with Crippen molar-refractivity contribution in [3.05, 3.63) is 0 Å². The lowest BCUT2D eigenvalue weighted by molar-refractivity contribution is 0.0732. The quantitative estimate of drug-likeness (QED) is 0.762. The average Bonchev–Trinajstić information content (AvgIpc) is 2.93. The summed E-state index contributed by atoms with van der Waals surface area (Å²) in [6, 6.07) is 1.70. The summed E-state index contributed by atoms with van der Waals surface area (Å²) in [5.41, 5.74) is 0. The highest BCUT2D eigenvalue weighted by atomic mass is 15.3. The number of nitrogens with zero attached hydrogens (tertiary/aromatic N) is 2. The molecule has 0 aromatic carbocycles. The van der Waals surface area contributed by atoms with Crippen LogP contribution in [0, 0.1) is 5.92 Å². The third-order valence-corrected chi connectivity index (χ3v) is 4.89. The number of hydrogen-bond donors (Lipinski definition) is 1. The van der Waals surface area contributed by atoms with Gasteiger partial charge in [-0.05, 0) is 51.4 Å². The fraction of sp³-hybridized carbons (Fsp3) is 1.00. The molecule has 2 bridgehead atoms. The van der Waals surface area contributed by atoms with Gasteiger partial charge in [0, 0.05) is 25.2 Å². The molecule has 0 aromatic rings. The fourth-order valence-corrected chi connectivity index (χ4v) is 4.05. The van der Waals surface area contributed by atoms with E-state index in [9.17, 15) is 0 Å². The Hall–Kier alpha value is -0.120. The highest BCUT2D eigenvalue weighted by Crippen LogP contribution is 2.32. The zero-order valence-corrected chi connectivity index (χ0v) is 10.5. The predicted molar refractivity (Wildman–Crippen MR) is 66.6 cm³/mol. The molecule has 3 fully saturated rings. The second-order valence-corrected chi connectivity index (χ2v) is 5.68. The maximum atomic E-state index is 3.52. The van der Waals surface area contributed by atoms with Crippen LogP contribution in [-0.4, -0.2) is 61.2 Å². The van der Waals surface area contributed by atoms with Crippen LogP contribution >= 0.6 is 0 Å². The van der Waals surface area contributed by atoms with Crippen molar-refractivity contribution in [2.75, 3.05) is 39.3 Å². The number of nitrogens with one attached hydrogen (secondary N) is 1. The van der Waals surface area contributed by atoms with E-state index in [2.05, 4.69) is 22.0 Å². The summed E-state index contributed by atoms with van der Waals surface area (Å²) in [6.45, 7) is 10.1. The molecule has 0 aromatic heterocycles. The van der Waals surface area contributed by atoms with Crippen molar-refractivity contribution in [1.29, 1.82) is 0 Å². The molecule has 3 rings (SSSR count). The first-order valence-electron chi connectivity index (χ1n) is 7.07. The second-order valence-electron chi connectivity index (χ2n) is 5.68. The van der Waals surface area contributed by atoms with E-state index in [1.807, 2.05) is 0 Å². The first-order valence-corrected chi connectivity index (χ1v) is 7.07. The average molecular weight is 223 g/mol. The van der Waals surface area contributed by atoms with Gasteiger partial charge in [-0.2, -0.15) is 0 Å². The molecule has 4 atom stereocenters. The lowest BCUT2D eigenvalue weighted by atomic mass is 9.91. The first-order chi connectivity index (χ1) is 7.88. The van der Waals surface area contributed by atoms with Crippen molar-refractivity contribution in [3.63, 3.8) is 0 Å². The SMILES string of the molecule is CCN(C1CCNC1)C1CCN2CCC1C2. The number of likely N-dealkylation sites (N-methyl/N-ethyl adjacent to an activating group) is 1. The topological polar surface area (TPSA) is 18.5 Å². The molecule has 3 nitrogen and oxygen atoms in total. The maximum Gasteiger partial charge on any atom is 0.0235 e. The van der Waals surface area contributed by atoms with Crippen LogP contribution < -0.4 is 5.32 Å². The summed E-state index contributed by atoms with van der Waals surface area (Å²) in [4.78, 5) is 5.47. The standard InChI is InChI=1S/C13H25N3/c1-2-16(12-3-6-14-9-12)13-5-8-15-7-4-11(13)10-15/h11-14H,2-10H2,1H3. The molecule has 3 heterocycles. The molecule has 3 aliphatic rings. The second kappa shape index (κ2) is 4.63. The summed E-state index contributed by atoms with van der Waals surface area (Å²) in [5, 5.41) is 3.52. The van der Waals surface area contributed by atoms with Crippen LogP contribution in [-0.2, 0) is 0 Å². The lowest BCUT2D eigenvalue weighted by Crippen LogP contribution is -2.51. The molecule has 3 heteroatoms. The maximum absolute atomic E-state index is 3.52. The van der Waals surface area contributed by atoms with Crippen LogP contribution in [0.2, 0.25) is 0 Å². The van der Waals surface area contributed by atoms with E-state index in [0.29, 0.717) is 0 Å². The Morgan fingerprint density at radius 2 is 2.12 bits per heavy atom. The highest BCUT2D eigenvalue weighted by molar-refractivity contribution is 4.95.